The van der Waals surface area contributed by atoms with Crippen molar-refractivity contribution < 1.29 is 0 Å². The van der Waals surface area contributed by atoms with Crippen LogP contribution >= 0.6 is 0 Å². The van der Waals surface area contributed by atoms with Crippen LogP contribution in [0, 0.1) is 0 Å². The minimum Gasteiger partial charge on any atom is -0.310 e. The summed E-state index contributed by atoms with van der Waals surface area (Å²) in [5, 5.41) is 3.55. The first-order valence-electron chi connectivity index (χ1n) is 6.18. The highest BCUT2D eigenvalue weighted by atomic mass is 14.9. The molecule has 0 saturated heterocycles. The molecule has 0 aliphatic rings. The van der Waals surface area contributed by atoms with E-state index < -0.39 is 0 Å². The molecule has 0 aromatic heterocycles. The van der Waals surface area contributed by atoms with E-state index in [1.807, 2.05) is 0 Å². The number of rotatable bonds is 5. The Hall–Kier alpha value is -1.60. The zero-order valence-corrected chi connectivity index (χ0v) is 10.3. The maximum absolute atomic E-state index is 3.55. The van der Waals surface area contributed by atoms with Crippen molar-refractivity contribution in [2.75, 3.05) is 6.54 Å². The monoisotopic (exact) mass is 225 g/mol. The molecule has 2 rings (SSSR count). The van der Waals surface area contributed by atoms with E-state index in [2.05, 4.69) is 72.9 Å². The second-order valence-corrected chi connectivity index (χ2v) is 4.32. The zero-order chi connectivity index (χ0) is 11.9. The minimum atomic E-state index is 0.417. The summed E-state index contributed by atoms with van der Waals surface area (Å²) in [5.41, 5.74) is 2.74. The molecule has 0 aliphatic heterocycles. The van der Waals surface area contributed by atoms with E-state index in [0.717, 1.165) is 13.0 Å². The van der Waals surface area contributed by atoms with E-state index in [9.17, 15) is 0 Å². The van der Waals surface area contributed by atoms with E-state index in [4.69, 9.17) is 0 Å². The number of hydrogen-bond donors (Lipinski definition) is 1. The maximum Gasteiger partial charge on any atom is 0.0291 e. The van der Waals surface area contributed by atoms with Gasteiger partial charge in [-0.05, 0) is 31.0 Å². The molecule has 0 amide bonds. The molecule has 0 bridgehead atoms. The molecule has 1 nitrogen and oxygen atoms in total. The van der Waals surface area contributed by atoms with Crippen molar-refractivity contribution in [3.63, 3.8) is 0 Å². The van der Waals surface area contributed by atoms with Crippen molar-refractivity contribution in [3.05, 3.63) is 71.8 Å². The smallest absolute Gasteiger partial charge is 0.0291 e. The van der Waals surface area contributed by atoms with E-state index in [-0.39, 0.29) is 0 Å². The van der Waals surface area contributed by atoms with Gasteiger partial charge in [0.15, 0.2) is 0 Å². The van der Waals surface area contributed by atoms with Gasteiger partial charge in [0.2, 0.25) is 0 Å². The van der Waals surface area contributed by atoms with Crippen LogP contribution in [0.5, 0.6) is 0 Å². The third kappa shape index (κ3) is 3.72. The number of nitrogens with one attached hydrogen (secondary N) is 1. The van der Waals surface area contributed by atoms with Crippen molar-refractivity contribution in [1.29, 1.82) is 0 Å². The standard InChI is InChI=1S/C16H19N/c1-14(16-10-6-3-7-11-16)17-13-12-15-8-4-2-5-9-15/h2-11,14,17H,12-13H2,1H3/t14-/m0/s1. The van der Waals surface area contributed by atoms with Gasteiger partial charge in [0.1, 0.15) is 0 Å². The normalized spacial score (nSPS) is 12.3. The van der Waals surface area contributed by atoms with Crippen molar-refractivity contribution in [2.24, 2.45) is 0 Å². The molecule has 0 aliphatic carbocycles. The Labute approximate surface area is 103 Å². The maximum atomic E-state index is 3.55. The molecule has 2 aromatic rings. The Balaban J connectivity index is 1.79. The molecule has 0 radical (unpaired) electrons. The number of hydrogen-bond acceptors (Lipinski definition) is 1. The molecule has 0 heterocycles. The van der Waals surface area contributed by atoms with E-state index in [0.29, 0.717) is 6.04 Å². The highest BCUT2D eigenvalue weighted by Gasteiger charge is 2.02. The minimum absolute atomic E-state index is 0.417. The van der Waals surface area contributed by atoms with E-state index in [1.165, 1.54) is 11.1 Å². The molecule has 0 spiro atoms. The largest absolute Gasteiger partial charge is 0.310 e. The van der Waals surface area contributed by atoms with Crippen LogP contribution < -0.4 is 5.32 Å². The summed E-state index contributed by atoms with van der Waals surface area (Å²) in [7, 11) is 0. The summed E-state index contributed by atoms with van der Waals surface area (Å²) >= 11 is 0. The fourth-order valence-corrected chi connectivity index (χ4v) is 1.94. The molecular formula is C16H19N. The topological polar surface area (TPSA) is 12.0 Å². The average Bonchev–Trinajstić information content (AvgIpc) is 2.41. The summed E-state index contributed by atoms with van der Waals surface area (Å²) in [5.74, 6) is 0. The van der Waals surface area contributed by atoms with Gasteiger partial charge in [0.05, 0.1) is 0 Å². The van der Waals surface area contributed by atoms with Gasteiger partial charge in [-0.25, -0.2) is 0 Å². The summed E-state index contributed by atoms with van der Waals surface area (Å²) in [6, 6.07) is 21.6. The van der Waals surface area contributed by atoms with Crippen LogP contribution in [-0.2, 0) is 6.42 Å². The van der Waals surface area contributed by atoms with Gasteiger partial charge in [0, 0.05) is 6.04 Å². The van der Waals surface area contributed by atoms with Gasteiger partial charge in [-0.2, -0.15) is 0 Å². The fraction of sp³-hybridized carbons (Fsp3) is 0.250. The Bertz CT molecular complexity index is 422. The van der Waals surface area contributed by atoms with E-state index in [1.54, 1.807) is 0 Å². The van der Waals surface area contributed by atoms with E-state index >= 15 is 0 Å². The Morgan fingerprint density at radius 1 is 0.882 bits per heavy atom. The lowest BCUT2D eigenvalue weighted by atomic mass is 10.1. The molecule has 0 fully saturated rings. The molecule has 88 valence electrons. The SMILES string of the molecule is C[C@H](NCCc1ccccc1)c1ccccc1. The molecule has 1 N–H and O–H groups in total. The molecule has 0 unspecified atom stereocenters. The van der Waals surface area contributed by atoms with Crippen LogP contribution in [0.15, 0.2) is 60.7 Å². The van der Waals surface area contributed by atoms with Crippen LogP contribution in [0.1, 0.15) is 24.1 Å². The summed E-state index contributed by atoms with van der Waals surface area (Å²) < 4.78 is 0. The quantitative estimate of drug-likeness (QED) is 0.820. The van der Waals surface area contributed by atoms with Gasteiger partial charge >= 0.3 is 0 Å². The van der Waals surface area contributed by atoms with Crippen molar-refractivity contribution in [2.45, 2.75) is 19.4 Å². The summed E-state index contributed by atoms with van der Waals surface area (Å²) in [6.07, 6.45) is 1.08. The van der Waals surface area contributed by atoms with Crippen LogP contribution in [-0.4, -0.2) is 6.54 Å². The molecule has 0 saturated carbocycles. The first-order chi connectivity index (χ1) is 8.36. The number of benzene rings is 2. The predicted molar refractivity (Wildman–Crippen MR) is 73.0 cm³/mol. The molecule has 1 atom stereocenters. The Morgan fingerprint density at radius 2 is 1.47 bits per heavy atom. The van der Waals surface area contributed by atoms with Gasteiger partial charge in [0.25, 0.3) is 0 Å². The third-order valence-electron chi connectivity index (χ3n) is 3.01. The van der Waals surface area contributed by atoms with Crippen molar-refractivity contribution >= 4 is 0 Å². The zero-order valence-electron chi connectivity index (χ0n) is 10.3. The first-order valence-corrected chi connectivity index (χ1v) is 6.18. The van der Waals surface area contributed by atoms with Crippen molar-refractivity contribution in [1.82, 2.24) is 5.32 Å². The predicted octanol–water partition coefficient (Wildman–Crippen LogP) is 3.58. The average molecular weight is 225 g/mol. The summed E-state index contributed by atoms with van der Waals surface area (Å²) in [6.45, 7) is 3.22. The van der Waals surface area contributed by atoms with Gasteiger partial charge in [-0.15, -0.1) is 0 Å². The second-order valence-electron chi connectivity index (χ2n) is 4.32. The molecule has 17 heavy (non-hydrogen) atoms. The van der Waals surface area contributed by atoms with Crippen LogP contribution in [0.4, 0.5) is 0 Å². The highest BCUT2D eigenvalue weighted by Crippen LogP contribution is 2.10. The molecular weight excluding hydrogens is 206 g/mol. The lowest BCUT2D eigenvalue weighted by molar-refractivity contribution is 0.577. The lowest BCUT2D eigenvalue weighted by Gasteiger charge is -2.14. The summed E-state index contributed by atoms with van der Waals surface area (Å²) in [4.78, 5) is 0. The first kappa shape index (κ1) is 11.9. The lowest BCUT2D eigenvalue weighted by Crippen LogP contribution is -2.21. The molecule has 1 heteroatoms. The van der Waals surface area contributed by atoms with Crippen LogP contribution in [0.2, 0.25) is 0 Å². The second kappa shape index (κ2) is 6.21. The third-order valence-corrected chi connectivity index (χ3v) is 3.01. The van der Waals surface area contributed by atoms with Gasteiger partial charge in [-0.3, -0.25) is 0 Å². The van der Waals surface area contributed by atoms with Gasteiger partial charge < -0.3 is 5.32 Å². The van der Waals surface area contributed by atoms with Gasteiger partial charge in [-0.1, -0.05) is 60.7 Å². The fourth-order valence-electron chi connectivity index (χ4n) is 1.94. The van der Waals surface area contributed by atoms with Crippen molar-refractivity contribution in [3.8, 4) is 0 Å². The highest BCUT2D eigenvalue weighted by molar-refractivity contribution is 5.18. The molecule has 2 aromatic carbocycles. The van der Waals surface area contributed by atoms with Crippen LogP contribution in [0.25, 0.3) is 0 Å². The Kier molecular flexibility index (Phi) is 4.34. The van der Waals surface area contributed by atoms with Crippen LogP contribution in [0.3, 0.4) is 0 Å². The Morgan fingerprint density at radius 3 is 2.12 bits per heavy atom.